The van der Waals surface area contributed by atoms with Crippen LogP contribution >= 0.6 is 12.4 Å². The van der Waals surface area contributed by atoms with Crippen molar-refractivity contribution in [2.75, 3.05) is 24.3 Å². The highest BCUT2D eigenvalue weighted by atomic mass is 35.5. The van der Waals surface area contributed by atoms with Crippen LogP contribution in [0, 0.1) is 0 Å². The number of nitrogens with one attached hydrogen (secondary N) is 2. The number of amides is 2. The number of hydrogen-bond donors (Lipinski definition) is 3. The van der Waals surface area contributed by atoms with Crippen molar-refractivity contribution < 1.29 is 14.3 Å². The predicted molar refractivity (Wildman–Crippen MR) is 99.6 cm³/mol. The van der Waals surface area contributed by atoms with E-state index in [1.165, 1.54) is 7.11 Å². The lowest BCUT2D eigenvalue weighted by Gasteiger charge is -2.12. The first kappa shape index (κ1) is 22.4. The maximum atomic E-state index is 11.9. The van der Waals surface area contributed by atoms with Gasteiger partial charge in [-0.2, -0.15) is 0 Å². The van der Waals surface area contributed by atoms with E-state index >= 15 is 0 Å². The van der Waals surface area contributed by atoms with Crippen LogP contribution in [0.25, 0.3) is 0 Å². The van der Waals surface area contributed by atoms with Crippen molar-refractivity contribution in [2.24, 2.45) is 5.73 Å². The van der Waals surface area contributed by atoms with E-state index in [0.717, 1.165) is 25.7 Å². The van der Waals surface area contributed by atoms with Crippen molar-refractivity contribution in [2.45, 2.75) is 45.1 Å². The van der Waals surface area contributed by atoms with Gasteiger partial charge in [0, 0.05) is 24.9 Å². The molecule has 1 atom stereocenters. The van der Waals surface area contributed by atoms with Gasteiger partial charge in [0.2, 0.25) is 5.91 Å². The van der Waals surface area contributed by atoms with E-state index in [1.807, 2.05) is 0 Å². The fraction of sp³-hybridized carbons (Fsp3) is 0.529. The highest BCUT2D eigenvalue weighted by Crippen LogP contribution is 2.16. The Balaban J connectivity index is 0.00000529. The number of ether oxygens (including phenoxy) is 1. The fourth-order valence-corrected chi connectivity index (χ4v) is 2.03. The zero-order chi connectivity index (χ0) is 17.1. The van der Waals surface area contributed by atoms with Gasteiger partial charge in [-0.3, -0.25) is 9.59 Å². The second kappa shape index (κ2) is 12.8. The Bertz CT molecular complexity index is 512. The van der Waals surface area contributed by atoms with Gasteiger partial charge in [-0.15, -0.1) is 12.4 Å². The van der Waals surface area contributed by atoms with Gasteiger partial charge in [-0.1, -0.05) is 18.9 Å². The van der Waals surface area contributed by atoms with Crippen LogP contribution in [0.3, 0.4) is 0 Å². The van der Waals surface area contributed by atoms with Crippen molar-refractivity contribution in [1.82, 2.24) is 0 Å². The zero-order valence-electron chi connectivity index (χ0n) is 14.3. The molecular weight excluding hydrogens is 330 g/mol. The lowest BCUT2D eigenvalue weighted by Crippen LogP contribution is -2.26. The summed E-state index contributed by atoms with van der Waals surface area (Å²) in [4.78, 5) is 23.7. The summed E-state index contributed by atoms with van der Waals surface area (Å²) in [5.41, 5.74) is 6.72. The second-order valence-electron chi connectivity index (χ2n) is 5.45. The molecule has 4 N–H and O–H groups in total. The molecule has 0 aliphatic heterocycles. The minimum Gasteiger partial charge on any atom is -0.372 e. The maximum absolute atomic E-state index is 11.9. The number of unbranched alkanes of at least 4 members (excludes halogenated alkanes) is 3. The van der Waals surface area contributed by atoms with E-state index in [4.69, 9.17) is 10.5 Å². The number of methoxy groups -OCH3 is 1. The van der Waals surface area contributed by atoms with E-state index in [-0.39, 0.29) is 24.2 Å². The Morgan fingerprint density at radius 3 is 2.38 bits per heavy atom. The minimum absolute atomic E-state index is 0. The topological polar surface area (TPSA) is 93.5 Å². The van der Waals surface area contributed by atoms with Crippen LogP contribution in [0.15, 0.2) is 24.3 Å². The van der Waals surface area contributed by atoms with E-state index in [2.05, 4.69) is 10.6 Å². The number of rotatable bonds is 10. The highest BCUT2D eigenvalue weighted by Gasteiger charge is 2.11. The zero-order valence-corrected chi connectivity index (χ0v) is 15.2. The molecule has 0 aliphatic carbocycles. The summed E-state index contributed by atoms with van der Waals surface area (Å²) >= 11 is 0. The van der Waals surface area contributed by atoms with E-state index in [1.54, 1.807) is 31.2 Å². The molecule has 1 aromatic rings. The first-order valence-electron chi connectivity index (χ1n) is 8.00. The van der Waals surface area contributed by atoms with Gasteiger partial charge in [-0.25, -0.2) is 0 Å². The van der Waals surface area contributed by atoms with E-state index in [9.17, 15) is 9.59 Å². The Kier molecular flexibility index (Phi) is 11.9. The Morgan fingerprint density at radius 1 is 1.12 bits per heavy atom. The Hall–Kier alpha value is -1.63. The van der Waals surface area contributed by atoms with Crippen molar-refractivity contribution in [3.63, 3.8) is 0 Å². The number of hydrogen-bond acceptors (Lipinski definition) is 4. The molecule has 1 rings (SSSR count). The first-order valence-corrected chi connectivity index (χ1v) is 8.00. The molecule has 1 unspecified atom stereocenters. The van der Waals surface area contributed by atoms with Crippen LogP contribution in [0.5, 0.6) is 0 Å². The van der Waals surface area contributed by atoms with Gasteiger partial charge in [0.15, 0.2) is 0 Å². The average molecular weight is 358 g/mol. The van der Waals surface area contributed by atoms with Crippen molar-refractivity contribution >= 4 is 35.6 Å². The van der Waals surface area contributed by atoms with Gasteiger partial charge in [0.05, 0.1) is 0 Å². The number of benzene rings is 1. The molecule has 7 heteroatoms. The lowest BCUT2D eigenvalue weighted by atomic mass is 10.1. The molecule has 0 aromatic heterocycles. The van der Waals surface area contributed by atoms with Crippen molar-refractivity contribution in [1.29, 1.82) is 0 Å². The van der Waals surface area contributed by atoms with Crippen LogP contribution in [0.2, 0.25) is 0 Å². The smallest absolute Gasteiger partial charge is 0.253 e. The van der Waals surface area contributed by atoms with Gasteiger partial charge in [0.1, 0.15) is 6.10 Å². The minimum atomic E-state index is -0.526. The molecular formula is C17H28ClN3O3. The summed E-state index contributed by atoms with van der Waals surface area (Å²) in [7, 11) is 1.48. The largest absolute Gasteiger partial charge is 0.372 e. The monoisotopic (exact) mass is 357 g/mol. The second-order valence-corrected chi connectivity index (χ2v) is 5.45. The standard InChI is InChI=1S/C17H27N3O3.ClH/c1-13(23-2)17(22)20-15-9-7-8-14(12-15)19-16(21)10-5-3-4-6-11-18;/h7-9,12-13H,3-6,10-11,18H2,1-2H3,(H,19,21)(H,20,22);1H. The number of halogens is 1. The molecule has 0 saturated heterocycles. The molecule has 6 nitrogen and oxygen atoms in total. The van der Waals surface area contributed by atoms with Crippen LogP contribution in [-0.2, 0) is 14.3 Å². The Morgan fingerprint density at radius 2 is 1.75 bits per heavy atom. The number of nitrogens with two attached hydrogens (primary N) is 1. The van der Waals surface area contributed by atoms with E-state index < -0.39 is 6.10 Å². The molecule has 0 saturated carbocycles. The summed E-state index contributed by atoms with van der Waals surface area (Å²) in [6.07, 6.45) is 3.89. The lowest BCUT2D eigenvalue weighted by molar-refractivity contribution is -0.124. The van der Waals surface area contributed by atoms with Crippen molar-refractivity contribution in [3.05, 3.63) is 24.3 Å². The SMILES string of the molecule is COC(C)C(=O)Nc1cccc(NC(=O)CCCCCCN)c1.Cl. The molecule has 136 valence electrons. The molecule has 1 aromatic carbocycles. The third-order valence-electron chi connectivity index (χ3n) is 3.49. The van der Waals surface area contributed by atoms with Crippen LogP contribution < -0.4 is 16.4 Å². The summed E-state index contributed by atoms with van der Waals surface area (Å²) in [6, 6.07) is 7.07. The van der Waals surface area contributed by atoms with E-state index in [0.29, 0.717) is 24.3 Å². The van der Waals surface area contributed by atoms with Crippen LogP contribution in [0.1, 0.15) is 39.0 Å². The quantitative estimate of drug-likeness (QED) is 0.561. The first-order chi connectivity index (χ1) is 11.1. The highest BCUT2D eigenvalue weighted by molar-refractivity contribution is 5.95. The number of anilines is 2. The molecule has 0 spiro atoms. The predicted octanol–water partition coefficient (Wildman–Crippen LogP) is 2.93. The third kappa shape index (κ3) is 8.86. The van der Waals surface area contributed by atoms with Crippen LogP contribution in [0.4, 0.5) is 11.4 Å². The van der Waals surface area contributed by atoms with Gasteiger partial charge in [0.25, 0.3) is 5.91 Å². The maximum Gasteiger partial charge on any atom is 0.253 e. The van der Waals surface area contributed by atoms with Gasteiger partial charge >= 0.3 is 0 Å². The normalized spacial score (nSPS) is 11.3. The molecule has 0 fully saturated rings. The summed E-state index contributed by atoms with van der Waals surface area (Å²) in [5.74, 6) is -0.248. The average Bonchev–Trinajstić information content (AvgIpc) is 2.54. The van der Waals surface area contributed by atoms with Crippen LogP contribution in [-0.4, -0.2) is 31.6 Å². The summed E-state index contributed by atoms with van der Waals surface area (Å²) < 4.78 is 4.96. The molecule has 0 radical (unpaired) electrons. The summed E-state index contributed by atoms with van der Waals surface area (Å²) in [6.45, 7) is 2.37. The number of carbonyl (C=O) groups excluding carboxylic acids is 2. The third-order valence-corrected chi connectivity index (χ3v) is 3.49. The number of carbonyl (C=O) groups is 2. The molecule has 0 aliphatic rings. The van der Waals surface area contributed by atoms with Gasteiger partial charge < -0.3 is 21.1 Å². The fourth-order valence-electron chi connectivity index (χ4n) is 2.03. The Labute approximate surface area is 149 Å². The molecule has 24 heavy (non-hydrogen) atoms. The molecule has 0 bridgehead atoms. The van der Waals surface area contributed by atoms with Crippen molar-refractivity contribution in [3.8, 4) is 0 Å². The molecule has 0 heterocycles. The van der Waals surface area contributed by atoms with Gasteiger partial charge in [-0.05, 0) is 44.5 Å². The summed E-state index contributed by atoms with van der Waals surface area (Å²) in [5, 5.41) is 5.59. The molecule has 2 amide bonds.